The van der Waals surface area contributed by atoms with E-state index in [4.69, 9.17) is 26.8 Å². The van der Waals surface area contributed by atoms with Crippen molar-refractivity contribution in [2.45, 2.75) is 26.4 Å². The molecule has 6 heteroatoms. The Morgan fingerprint density at radius 3 is 2.68 bits per heavy atom. The van der Waals surface area contributed by atoms with E-state index in [2.05, 4.69) is 5.32 Å². The van der Waals surface area contributed by atoms with Gasteiger partial charge in [-0.05, 0) is 39.0 Å². The predicted octanol–water partition coefficient (Wildman–Crippen LogP) is 3.02. The molecule has 0 saturated carbocycles. The molecule has 0 aliphatic rings. The van der Waals surface area contributed by atoms with E-state index >= 15 is 0 Å². The van der Waals surface area contributed by atoms with Gasteiger partial charge < -0.3 is 15.2 Å². The highest BCUT2D eigenvalue weighted by Crippen LogP contribution is 2.28. The summed E-state index contributed by atoms with van der Waals surface area (Å²) >= 11 is 5.90. The second-order valence-corrected chi connectivity index (χ2v) is 5.34. The Balaban J connectivity index is 2.80. The maximum atomic E-state index is 11.7. The molecular formula is C13H19ClN2O3. The van der Waals surface area contributed by atoms with E-state index in [1.54, 1.807) is 39.0 Å². The molecule has 0 radical (unpaired) electrons. The minimum Gasteiger partial charge on any atom is -0.490 e. The first kappa shape index (κ1) is 15.6. The van der Waals surface area contributed by atoms with Crippen molar-refractivity contribution in [2.75, 3.05) is 18.5 Å². The lowest BCUT2D eigenvalue weighted by molar-refractivity contribution is 0.0635. The minimum absolute atomic E-state index is 0.352. The topological polar surface area (TPSA) is 73.6 Å². The lowest BCUT2D eigenvalue weighted by Gasteiger charge is -2.20. The fourth-order valence-corrected chi connectivity index (χ4v) is 1.48. The third-order valence-electron chi connectivity index (χ3n) is 1.95. The maximum Gasteiger partial charge on any atom is 0.412 e. The number of hydrogen-bond donors (Lipinski definition) is 2. The van der Waals surface area contributed by atoms with Crippen molar-refractivity contribution in [3.63, 3.8) is 0 Å². The smallest absolute Gasteiger partial charge is 0.412 e. The molecule has 3 N–H and O–H groups in total. The van der Waals surface area contributed by atoms with Crippen LogP contribution in [0.1, 0.15) is 20.8 Å². The molecule has 0 fully saturated rings. The summed E-state index contributed by atoms with van der Waals surface area (Å²) in [4.78, 5) is 11.7. The second-order valence-electron chi connectivity index (χ2n) is 4.90. The number of carbonyl (C=O) groups is 1. The number of anilines is 1. The molecule has 0 heterocycles. The van der Waals surface area contributed by atoms with Crippen LogP contribution in [0.4, 0.5) is 10.5 Å². The van der Waals surface area contributed by atoms with Crippen LogP contribution in [0.3, 0.4) is 0 Å². The number of rotatable bonds is 4. The lowest BCUT2D eigenvalue weighted by atomic mass is 10.2. The standard InChI is InChI=1S/C13H19ClN2O3/c1-13(2,3)19-12(17)16-10-8-9(14)4-5-11(10)18-7-6-15/h4-5,8H,6-7,15H2,1-3H3,(H,16,17). The van der Waals surface area contributed by atoms with Crippen molar-refractivity contribution in [1.29, 1.82) is 0 Å². The number of amides is 1. The van der Waals surface area contributed by atoms with Gasteiger partial charge in [0.1, 0.15) is 18.0 Å². The molecule has 5 nitrogen and oxygen atoms in total. The van der Waals surface area contributed by atoms with Crippen LogP contribution in [-0.4, -0.2) is 24.8 Å². The Labute approximate surface area is 118 Å². The van der Waals surface area contributed by atoms with E-state index in [1.807, 2.05) is 0 Å². The third kappa shape index (κ3) is 5.81. The van der Waals surface area contributed by atoms with Crippen LogP contribution >= 0.6 is 11.6 Å². The van der Waals surface area contributed by atoms with Crippen molar-refractivity contribution in [3.05, 3.63) is 23.2 Å². The highest BCUT2D eigenvalue weighted by Gasteiger charge is 2.17. The van der Waals surface area contributed by atoms with Crippen molar-refractivity contribution in [1.82, 2.24) is 0 Å². The molecule has 19 heavy (non-hydrogen) atoms. The summed E-state index contributed by atoms with van der Waals surface area (Å²) in [6.45, 7) is 6.10. The molecule has 0 bridgehead atoms. The molecule has 0 aliphatic heterocycles. The Morgan fingerprint density at radius 1 is 1.42 bits per heavy atom. The van der Waals surface area contributed by atoms with Gasteiger partial charge in [0.15, 0.2) is 0 Å². The van der Waals surface area contributed by atoms with Crippen LogP contribution in [0, 0.1) is 0 Å². The Bertz CT molecular complexity index is 444. The van der Waals surface area contributed by atoms with Crippen molar-refractivity contribution >= 4 is 23.4 Å². The van der Waals surface area contributed by atoms with Crippen molar-refractivity contribution in [3.8, 4) is 5.75 Å². The first-order valence-corrected chi connectivity index (χ1v) is 6.32. The zero-order valence-corrected chi connectivity index (χ0v) is 12.1. The van der Waals surface area contributed by atoms with Gasteiger partial charge in [-0.2, -0.15) is 0 Å². The van der Waals surface area contributed by atoms with Crippen LogP contribution in [-0.2, 0) is 4.74 Å². The lowest BCUT2D eigenvalue weighted by Crippen LogP contribution is -2.27. The number of ether oxygens (including phenoxy) is 2. The first-order valence-electron chi connectivity index (χ1n) is 5.94. The summed E-state index contributed by atoms with van der Waals surface area (Å²) in [7, 11) is 0. The average Bonchev–Trinajstić information content (AvgIpc) is 2.25. The Hall–Kier alpha value is -1.46. The van der Waals surface area contributed by atoms with Crippen LogP contribution < -0.4 is 15.8 Å². The highest BCUT2D eigenvalue weighted by atomic mass is 35.5. The summed E-state index contributed by atoms with van der Waals surface area (Å²) in [6.07, 6.45) is -0.563. The van der Waals surface area contributed by atoms with E-state index in [-0.39, 0.29) is 0 Å². The number of hydrogen-bond acceptors (Lipinski definition) is 4. The quantitative estimate of drug-likeness (QED) is 0.892. The zero-order chi connectivity index (χ0) is 14.5. The molecule has 0 unspecified atom stereocenters. The molecule has 0 saturated heterocycles. The van der Waals surface area contributed by atoms with E-state index in [9.17, 15) is 4.79 Å². The number of carbonyl (C=O) groups excluding carboxylic acids is 1. The fraction of sp³-hybridized carbons (Fsp3) is 0.462. The normalized spacial score (nSPS) is 11.0. The molecule has 0 atom stereocenters. The molecule has 106 valence electrons. The molecule has 0 aliphatic carbocycles. The first-order chi connectivity index (χ1) is 8.81. The van der Waals surface area contributed by atoms with Gasteiger partial charge in [0.05, 0.1) is 5.69 Å². The summed E-state index contributed by atoms with van der Waals surface area (Å²) in [5.41, 5.74) is 5.26. The summed E-state index contributed by atoms with van der Waals surface area (Å²) in [6, 6.07) is 4.94. The molecule has 1 rings (SSSR count). The fourth-order valence-electron chi connectivity index (χ4n) is 1.31. The SMILES string of the molecule is CC(C)(C)OC(=O)Nc1cc(Cl)ccc1OCCN. The van der Waals surface area contributed by atoms with E-state index < -0.39 is 11.7 Å². The van der Waals surface area contributed by atoms with Crippen LogP contribution in [0.15, 0.2) is 18.2 Å². The van der Waals surface area contributed by atoms with E-state index in [0.717, 1.165) is 0 Å². The number of nitrogens with two attached hydrogens (primary N) is 1. The van der Waals surface area contributed by atoms with Crippen molar-refractivity contribution in [2.24, 2.45) is 5.73 Å². The molecule has 1 aromatic carbocycles. The van der Waals surface area contributed by atoms with Crippen LogP contribution in [0.25, 0.3) is 0 Å². The van der Waals surface area contributed by atoms with E-state index in [1.165, 1.54) is 0 Å². The molecule has 0 aromatic heterocycles. The van der Waals surface area contributed by atoms with Crippen molar-refractivity contribution < 1.29 is 14.3 Å². The number of nitrogens with one attached hydrogen (secondary N) is 1. The zero-order valence-electron chi connectivity index (χ0n) is 11.3. The molecule has 1 aromatic rings. The van der Waals surface area contributed by atoms with Gasteiger partial charge in [-0.15, -0.1) is 0 Å². The maximum absolute atomic E-state index is 11.7. The summed E-state index contributed by atoms with van der Waals surface area (Å²) < 4.78 is 10.6. The second kappa shape index (κ2) is 6.63. The number of benzene rings is 1. The van der Waals surface area contributed by atoms with Crippen LogP contribution in [0.5, 0.6) is 5.75 Å². The summed E-state index contributed by atoms with van der Waals surface area (Å²) in [5, 5.41) is 3.10. The van der Waals surface area contributed by atoms with Gasteiger partial charge >= 0.3 is 6.09 Å². The minimum atomic E-state index is -0.569. The average molecular weight is 287 g/mol. The van der Waals surface area contributed by atoms with Gasteiger partial charge in [-0.25, -0.2) is 4.79 Å². The third-order valence-corrected chi connectivity index (χ3v) is 2.19. The molecular weight excluding hydrogens is 268 g/mol. The van der Waals surface area contributed by atoms with Gasteiger partial charge in [0, 0.05) is 11.6 Å². The van der Waals surface area contributed by atoms with Gasteiger partial charge in [-0.1, -0.05) is 11.6 Å². The summed E-state index contributed by atoms with van der Waals surface area (Å²) in [5.74, 6) is 0.501. The number of halogens is 1. The molecule has 0 spiro atoms. The monoisotopic (exact) mass is 286 g/mol. The highest BCUT2D eigenvalue weighted by molar-refractivity contribution is 6.31. The Kier molecular flexibility index (Phi) is 5.44. The van der Waals surface area contributed by atoms with Crippen LogP contribution in [0.2, 0.25) is 5.02 Å². The van der Waals surface area contributed by atoms with Gasteiger partial charge in [0.2, 0.25) is 0 Å². The van der Waals surface area contributed by atoms with Gasteiger partial charge in [0.25, 0.3) is 0 Å². The molecule has 1 amide bonds. The van der Waals surface area contributed by atoms with E-state index in [0.29, 0.717) is 29.6 Å². The van der Waals surface area contributed by atoms with Gasteiger partial charge in [-0.3, -0.25) is 5.32 Å². The largest absolute Gasteiger partial charge is 0.490 e. The Morgan fingerprint density at radius 2 is 2.11 bits per heavy atom. The predicted molar refractivity (Wildman–Crippen MR) is 75.9 cm³/mol.